The van der Waals surface area contributed by atoms with Crippen LogP contribution in [-0.4, -0.2) is 10.8 Å². The van der Waals surface area contributed by atoms with Crippen LogP contribution >= 0.6 is 0 Å². The van der Waals surface area contributed by atoms with E-state index >= 15 is 0 Å². The van der Waals surface area contributed by atoms with E-state index in [2.05, 4.69) is 9.98 Å². The van der Waals surface area contributed by atoms with Crippen LogP contribution in [0.4, 0.5) is 0 Å². The summed E-state index contributed by atoms with van der Waals surface area (Å²) in [5, 5.41) is 0. The van der Waals surface area contributed by atoms with E-state index < -0.39 is 0 Å². The number of hydrogen-bond donors (Lipinski definition) is 2. The highest BCUT2D eigenvalue weighted by Crippen LogP contribution is 1.98. The van der Waals surface area contributed by atoms with Crippen LogP contribution in [0.1, 0.15) is 19.4 Å². The summed E-state index contributed by atoms with van der Waals surface area (Å²) in [4.78, 5) is 17.7. The average molecular weight is 193 g/mol. The Balaban J connectivity index is 2.71. The number of aliphatic imine (C=N–C) groups is 1. The third kappa shape index (κ3) is 3.05. The number of pyridine rings is 1. The molecule has 0 aliphatic rings. The molecule has 0 aromatic carbocycles. The molecule has 0 radical (unpaired) electrons. The summed E-state index contributed by atoms with van der Waals surface area (Å²) in [6, 6.07) is 3.34. The Morgan fingerprint density at radius 3 is 2.93 bits per heavy atom. The van der Waals surface area contributed by atoms with Crippen molar-refractivity contribution >= 4 is 5.84 Å². The van der Waals surface area contributed by atoms with Crippen LogP contribution in [0.3, 0.4) is 0 Å². The second-order valence-electron chi connectivity index (χ2n) is 3.46. The maximum absolute atomic E-state index is 10.9. The summed E-state index contributed by atoms with van der Waals surface area (Å²) >= 11 is 0. The van der Waals surface area contributed by atoms with Crippen LogP contribution in [0, 0.1) is 5.92 Å². The summed E-state index contributed by atoms with van der Waals surface area (Å²) in [7, 11) is 0. The van der Waals surface area contributed by atoms with E-state index in [-0.39, 0.29) is 11.5 Å². The number of hydrogen-bond acceptors (Lipinski definition) is 2. The summed E-state index contributed by atoms with van der Waals surface area (Å²) < 4.78 is 0. The molecular formula is C10H15N3O. The van der Waals surface area contributed by atoms with Gasteiger partial charge in [-0.25, -0.2) is 0 Å². The van der Waals surface area contributed by atoms with Gasteiger partial charge in [0, 0.05) is 18.2 Å². The maximum Gasteiger partial charge on any atom is 0.248 e. The lowest BCUT2D eigenvalue weighted by Gasteiger charge is -2.03. The first-order chi connectivity index (χ1) is 6.59. The molecule has 0 bridgehead atoms. The smallest absolute Gasteiger partial charge is 0.248 e. The zero-order chi connectivity index (χ0) is 10.6. The number of amidine groups is 1. The molecule has 0 amide bonds. The van der Waals surface area contributed by atoms with E-state index in [0.29, 0.717) is 12.4 Å². The van der Waals surface area contributed by atoms with Crippen molar-refractivity contribution in [2.75, 3.05) is 0 Å². The second kappa shape index (κ2) is 4.60. The first kappa shape index (κ1) is 10.5. The van der Waals surface area contributed by atoms with Crippen molar-refractivity contribution in [2.24, 2.45) is 16.6 Å². The second-order valence-corrected chi connectivity index (χ2v) is 3.46. The third-order valence-corrected chi connectivity index (χ3v) is 1.88. The molecule has 0 atom stereocenters. The molecular weight excluding hydrogens is 178 g/mol. The fourth-order valence-corrected chi connectivity index (χ4v) is 0.952. The fraction of sp³-hybridized carbons (Fsp3) is 0.400. The molecule has 0 aliphatic heterocycles. The van der Waals surface area contributed by atoms with Gasteiger partial charge >= 0.3 is 0 Å². The Morgan fingerprint density at radius 2 is 2.36 bits per heavy atom. The topological polar surface area (TPSA) is 71.2 Å². The van der Waals surface area contributed by atoms with Crippen molar-refractivity contribution < 1.29 is 0 Å². The Labute approximate surface area is 82.9 Å². The lowest BCUT2D eigenvalue weighted by Crippen LogP contribution is -2.19. The molecule has 1 aromatic heterocycles. The Morgan fingerprint density at radius 1 is 1.64 bits per heavy atom. The Hall–Kier alpha value is -1.58. The van der Waals surface area contributed by atoms with E-state index in [1.807, 2.05) is 19.9 Å². The highest BCUT2D eigenvalue weighted by molar-refractivity contribution is 5.82. The van der Waals surface area contributed by atoms with Gasteiger partial charge in [0.2, 0.25) is 5.56 Å². The molecule has 0 aliphatic carbocycles. The maximum atomic E-state index is 10.9. The predicted molar refractivity (Wildman–Crippen MR) is 57.2 cm³/mol. The van der Waals surface area contributed by atoms with Crippen LogP contribution in [0.25, 0.3) is 0 Å². The molecule has 0 spiro atoms. The summed E-state index contributed by atoms with van der Waals surface area (Å²) in [6.45, 7) is 4.43. The lowest BCUT2D eigenvalue weighted by atomic mass is 10.2. The van der Waals surface area contributed by atoms with Crippen LogP contribution in [0.5, 0.6) is 0 Å². The molecule has 1 heterocycles. The number of nitrogens with two attached hydrogens (primary N) is 1. The first-order valence-electron chi connectivity index (χ1n) is 4.57. The molecule has 0 saturated carbocycles. The molecule has 14 heavy (non-hydrogen) atoms. The number of aromatic amines is 1. The number of rotatable bonds is 3. The van der Waals surface area contributed by atoms with E-state index in [0.717, 1.165) is 5.56 Å². The van der Waals surface area contributed by atoms with Crippen LogP contribution < -0.4 is 11.3 Å². The van der Waals surface area contributed by atoms with Gasteiger partial charge in [0.15, 0.2) is 0 Å². The summed E-state index contributed by atoms with van der Waals surface area (Å²) in [5.41, 5.74) is 6.43. The van der Waals surface area contributed by atoms with Gasteiger partial charge in [0.05, 0.1) is 12.4 Å². The van der Waals surface area contributed by atoms with E-state index in [1.54, 1.807) is 6.20 Å². The molecule has 1 rings (SSSR count). The first-order valence-corrected chi connectivity index (χ1v) is 4.57. The van der Waals surface area contributed by atoms with Gasteiger partial charge in [-0.15, -0.1) is 0 Å². The van der Waals surface area contributed by atoms with Gasteiger partial charge in [-0.2, -0.15) is 0 Å². The van der Waals surface area contributed by atoms with Gasteiger partial charge in [0.1, 0.15) is 0 Å². The number of nitrogens with zero attached hydrogens (tertiary/aromatic N) is 1. The van der Waals surface area contributed by atoms with Crippen molar-refractivity contribution in [2.45, 2.75) is 20.4 Å². The number of aromatic nitrogens is 1. The van der Waals surface area contributed by atoms with Crippen molar-refractivity contribution in [3.8, 4) is 0 Å². The van der Waals surface area contributed by atoms with Crippen LogP contribution in [0.15, 0.2) is 28.1 Å². The quantitative estimate of drug-likeness (QED) is 0.552. The minimum Gasteiger partial charge on any atom is -0.387 e. The monoisotopic (exact) mass is 193 g/mol. The van der Waals surface area contributed by atoms with Gasteiger partial charge in [-0.1, -0.05) is 13.8 Å². The minimum atomic E-state index is -0.110. The van der Waals surface area contributed by atoms with E-state index in [9.17, 15) is 4.79 Å². The third-order valence-electron chi connectivity index (χ3n) is 1.88. The number of nitrogens with one attached hydrogen (secondary N) is 1. The van der Waals surface area contributed by atoms with Crippen LogP contribution in [0.2, 0.25) is 0 Å². The van der Waals surface area contributed by atoms with Gasteiger partial charge in [-0.3, -0.25) is 9.79 Å². The largest absolute Gasteiger partial charge is 0.387 e. The lowest BCUT2D eigenvalue weighted by molar-refractivity contribution is 0.854. The predicted octanol–water partition coefficient (Wildman–Crippen LogP) is 0.888. The van der Waals surface area contributed by atoms with Crippen molar-refractivity contribution in [3.63, 3.8) is 0 Å². The van der Waals surface area contributed by atoms with E-state index in [4.69, 9.17) is 5.73 Å². The fourth-order valence-electron chi connectivity index (χ4n) is 0.952. The summed E-state index contributed by atoms with van der Waals surface area (Å²) in [5.74, 6) is 0.863. The van der Waals surface area contributed by atoms with Crippen molar-refractivity contribution in [1.29, 1.82) is 0 Å². The van der Waals surface area contributed by atoms with Crippen molar-refractivity contribution in [1.82, 2.24) is 4.98 Å². The zero-order valence-corrected chi connectivity index (χ0v) is 8.45. The highest BCUT2D eigenvalue weighted by Gasteiger charge is 1.98. The molecule has 4 heteroatoms. The molecule has 4 nitrogen and oxygen atoms in total. The summed E-state index contributed by atoms with van der Waals surface area (Å²) in [6.07, 6.45) is 1.61. The average Bonchev–Trinajstić information content (AvgIpc) is 2.14. The normalized spacial score (nSPS) is 12.1. The minimum absolute atomic E-state index is 0.110. The molecule has 3 N–H and O–H groups in total. The van der Waals surface area contributed by atoms with Gasteiger partial charge in [0.25, 0.3) is 0 Å². The molecule has 0 fully saturated rings. The molecule has 76 valence electrons. The highest BCUT2D eigenvalue weighted by atomic mass is 16.1. The zero-order valence-electron chi connectivity index (χ0n) is 8.45. The Kier molecular flexibility index (Phi) is 3.45. The molecule has 0 unspecified atom stereocenters. The molecule has 1 aromatic rings. The van der Waals surface area contributed by atoms with Gasteiger partial charge < -0.3 is 10.7 Å². The van der Waals surface area contributed by atoms with Gasteiger partial charge in [-0.05, 0) is 11.6 Å². The van der Waals surface area contributed by atoms with E-state index in [1.165, 1.54) is 6.07 Å². The standard InChI is InChI=1S/C10H15N3O/c1-7(2)10(11)13-6-8-3-4-12-9(14)5-8/h3-5,7H,6H2,1-2H3,(H2,11,13)(H,12,14). The Bertz CT molecular complexity index is 379. The SMILES string of the molecule is CC(C)C(N)=NCc1cc[nH]c(=O)c1. The van der Waals surface area contributed by atoms with Crippen LogP contribution in [-0.2, 0) is 6.54 Å². The molecule has 0 saturated heterocycles. The van der Waals surface area contributed by atoms with Crippen molar-refractivity contribution in [3.05, 3.63) is 34.2 Å². The number of H-pyrrole nitrogens is 1.